The molecule has 1 saturated heterocycles. The monoisotopic (exact) mass is 492 g/mol. The number of thiophene rings is 1. The second-order valence-electron chi connectivity index (χ2n) is 7.64. The molecule has 8 nitrogen and oxygen atoms in total. The van der Waals surface area contributed by atoms with Crippen LogP contribution in [0.25, 0.3) is 16.4 Å². The first-order chi connectivity index (χ1) is 16.7. The summed E-state index contributed by atoms with van der Waals surface area (Å²) in [6.45, 7) is 2.89. The molecule has 0 N–H and O–H groups in total. The largest absolute Gasteiger partial charge is 0.495 e. The van der Waals surface area contributed by atoms with Crippen molar-refractivity contribution in [3.63, 3.8) is 0 Å². The number of anilines is 1. The Bertz CT molecular complexity index is 1240. The number of carbonyl (C=O) groups is 1. The van der Waals surface area contributed by atoms with Crippen LogP contribution in [0.1, 0.15) is 0 Å². The SMILES string of the molecule is COc1ccccc1-n1c(SCC(=O)N2CCN(c3ccccn3)CC2)nnc1-c1cccs1. The predicted molar refractivity (Wildman–Crippen MR) is 135 cm³/mol. The van der Waals surface area contributed by atoms with E-state index in [4.69, 9.17) is 4.74 Å². The average molecular weight is 493 g/mol. The third kappa shape index (κ3) is 4.64. The van der Waals surface area contributed by atoms with Crippen LogP contribution in [-0.2, 0) is 4.79 Å². The topological polar surface area (TPSA) is 76.4 Å². The molecule has 174 valence electrons. The number of aromatic nitrogens is 4. The lowest BCUT2D eigenvalue weighted by Crippen LogP contribution is -2.49. The summed E-state index contributed by atoms with van der Waals surface area (Å²) in [4.78, 5) is 22.6. The molecule has 0 atom stereocenters. The van der Waals surface area contributed by atoms with Crippen molar-refractivity contribution in [3.05, 3.63) is 66.2 Å². The number of ether oxygens (including phenoxy) is 1. The Kier molecular flexibility index (Phi) is 6.77. The smallest absolute Gasteiger partial charge is 0.233 e. The summed E-state index contributed by atoms with van der Waals surface area (Å²) in [7, 11) is 1.65. The summed E-state index contributed by atoms with van der Waals surface area (Å²) in [5.41, 5.74) is 0.845. The van der Waals surface area contributed by atoms with Crippen LogP contribution in [0, 0.1) is 0 Å². The van der Waals surface area contributed by atoms with Gasteiger partial charge in [0.2, 0.25) is 5.91 Å². The van der Waals surface area contributed by atoms with Crippen molar-refractivity contribution in [1.29, 1.82) is 0 Å². The van der Waals surface area contributed by atoms with Crippen molar-refractivity contribution in [2.24, 2.45) is 0 Å². The highest BCUT2D eigenvalue weighted by Gasteiger charge is 2.24. The van der Waals surface area contributed by atoms with Crippen LogP contribution in [0.15, 0.2) is 71.3 Å². The van der Waals surface area contributed by atoms with E-state index in [1.807, 2.05) is 69.4 Å². The van der Waals surface area contributed by atoms with E-state index < -0.39 is 0 Å². The van der Waals surface area contributed by atoms with E-state index >= 15 is 0 Å². The number of hydrogen-bond acceptors (Lipinski definition) is 8. The second-order valence-corrected chi connectivity index (χ2v) is 9.53. The van der Waals surface area contributed by atoms with Crippen LogP contribution in [0.5, 0.6) is 5.75 Å². The molecule has 4 heterocycles. The predicted octanol–water partition coefficient (Wildman–Crippen LogP) is 3.84. The number of pyridine rings is 1. The van der Waals surface area contributed by atoms with Gasteiger partial charge in [0.25, 0.3) is 0 Å². The van der Waals surface area contributed by atoms with Gasteiger partial charge in [-0.05, 0) is 35.7 Å². The first-order valence-electron chi connectivity index (χ1n) is 10.9. The Morgan fingerprint density at radius 3 is 2.59 bits per heavy atom. The summed E-state index contributed by atoms with van der Waals surface area (Å²) in [6, 6.07) is 17.7. The van der Waals surface area contributed by atoms with Crippen LogP contribution in [-0.4, -0.2) is 69.6 Å². The number of hydrogen-bond donors (Lipinski definition) is 0. The number of benzene rings is 1. The van der Waals surface area contributed by atoms with Crippen molar-refractivity contribution >= 4 is 34.8 Å². The zero-order chi connectivity index (χ0) is 23.3. The van der Waals surface area contributed by atoms with Crippen LogP contribution in [0.3, 0.4) is 0 Å². The van der Waals surface area contributed by atoms with Gasteiger partial charge in [0, 0.05) is 32.4 Å². The van der Waals surface area contributed by atoms with Crippen LogP contribution in [0.4, 0.5) is 5.82 Å². The normalized spacial score (nSPS) is 13.8. The molecule has 0 aliphatic carbocycles. The van der Waals surface area contributed by atoms with E-state index in [9.17, 15) is 4.79 Å². The van der Waals surface area contributed by atoms with Gasteiger partial charge in [-0.1, -0.05) is 36.0 Å². The molecular formula is C24H24N6O2S2. The number of methoxy groups -OCH3 is 1. The molecule has 0 saturated carbocycles. The maximum Gasteiger partial charge on any atom is 0.233 e. The quantitative estimate of drug-likeness (QED) is 0.363. The Balaban J connectivity index is 1.31. The first kappa shape index (κ1) is 22.4. The molecule has 1 aromatic carbocycles. The summed E-state index contributed by atoms with van der Waals surface area (Å²) >= 11 is 3.00. The van der Waals surface area contributed by atoms with Crippen molar-refractivity contribution in [2.75, 3.05) is 43.9 Å². The summed E-state index contributed by atoms with van der Waals surface area (Å²) in [6.07, 6.45) is 1.80. The molecule has 5 rings (SSSR count). The van der Waals surface area contributed by atoms with E-state index in [2.05, 4.69) is 20.1 Å². The summed E-state index contributed by atoms with van der Waals surface area (Å²) in [5, 5.41) is 11.6. The van der Waals surface area contributed by atoms with Crippen molar-refractivity contribution < 1.29 is 9.53 Å². The molecule has 1 amide bonds. The molecule has 3 aromatic heterocycles. The minimum Gasteiger partial charge on any atom is -0.495 e. The lowest BCUT2D eigenvalue weighted by molar-refractivity contribution is -0.128. The summed E-state index contributed by atoms with van der Waals surface area (Å²) < 4.78 is 7.57. The molecule has 4 aromatic rings. The lowest BCUT2D eigenvalue weighted by atomic mass is 10.3. The Labute approximate surface area is 206 Å². The lowest BCUT2D eigenvalue weighted by Gasteiger charge is -2.35. The summed E-state index contributed by atoms with van der Waals surface area (Å²) in [5.74, 6) is 2.80. The average Bonchev–Trinajstić information content (AvgIpc) is 3.58. The number of para-hydroxylation sites is 2. The van der Waals surface area contributed by atoms with Crippen LogP contribution < -0.4 is 9.64 Å². The standard InChI is InChI=1S/C24H24N6O2S2/c1-32-19-8-3-2-7-18(19)30-23(20-9-6-16-33-20)26-27-24(30)34-17-22(31)29-14-12-28(13-15-29)21-10-4-5-11-25-21/h2-11,16H,12-15,17H2,1H3. The van der Waals surface area contributed by atoms with E-state index in [-0.39, 0.29) is 5.91 Å². The molecule has 0 spiro atoms. The van der Waals surface area contributed by atoms with Crippen molar-refractivity contribution in [2.45, 2.75) is 5.16 Å². The van der Waals surface area contributed by atoms with Gasteiger partial charge in [0.1, 0.15) is 11.6 Å². The number of rotatable bonds is 7. The van der Waals surface area contributed by atoms with Gasteiger partial charge in [0.15, 0.2) is 11.0 Å². The molecule has 0 bridgehead atoms. The number of piperazine rings is 1. The molecule has 0 unspecified atom stereocenters. The molecular weight excluding hydrogens is 468 g/mol. The number of carbonyl (C=O) groups excluding carboxylic acids is 1. The van der Waals surface area contributed by atoms with Crippen molar-refractivity contribution in [1.82, 2.24) is 24.6 Å². The fourth-order valence-corrected chi connectivity index (χ4v) is 5.45. The second kappa shape index (κ2) is 10.3. The van der Waals surface area contributed by atoms with Gasteiger partial charge < -0.3 is 14.5 Å². The third-order valence-corrected chi connectivity index (χ3v) is 7.41. The van der Waals surface area contributed by atoms with Crippen LogP contribution in [0.2, 0.25) is 0 Å². The highest BCUT2D eigenvalue weighted by Crippen LogP contribution is 2.34. The molecule has 1 aliphatic heterocycles. The molecule has 1 fully saturated rings. The fourth-order valence-electron chi connectivity index (χ4n) is 3.90. The fraction of sp³-hybridized carbons (Fsp3) is 0.250. The maximum atomic E-state index is 13.0. The highest BCUT2D eigenvalue weighted by molar-refractivity contribution is 7.99. The Hall–Kier alpha value is -3.37. The van der Waals surface area contributed by atoms with Gasteiger partial charge in [-0.2, -0.15) is 0 Å². The molecule has 1 aliphatic rings. The van der Waals surface area contributed by atoms with Crippen LogP contribution >= 0.6 is 23.1 Å². The van der Waals surface area contributed by atoms with E-state index in [0.717, 1.165) is 41.0 Å². The van der Waals surface area contributed by atoms with E-state index in [0.29, 0.717) is 24.0 Å². The van der Waals surface area contributed by atoms with Gasteiger partial charge in [-0.15, -0.1) is 21.5 Å². The number of amides is 1. The number of nitrogens with zero attached hydrogens (tertiary/aromatic N) is 6. The zero-order valence-electron chi connectivity index (χ0n) is 18.7. The van der Waals surface area contributed by atoms with E-state index in [1.54, 1.807) is 24.6 Å². The number of thioether (sulfide) groups is 1. The molecule has 10 heteroatoms. The van der Waals surface area contributed by atoms with Gasteiger partial charge in [0.05, 0.1) is 23.4 Å². The zero-order valence-corrected chi connectivity index (χ0v) is 20.3. The Morgan fingerprint density at radius 1 is 1.03 bits per heavy atom. The van der Waals surface area contributed by atoms with E-state index in [1.165, 1.54) is 11.8 Å². The van der Waals surface area contributed by atoms with Gasteiger partial charge in [-0.3, -0.25) is 9.36 Å². The van der Waals surface area contributed by atoms with Gasteiger partial charge >= 0.3 is 0 Å². The first-order valence-corrected chi connectivity index (χ1v) is 12.8. The highest BCUT2D eigenvalue weighted by atomic mass is 32.2. The van der Waals surface area contributed by atoms with Crippen molar-refractivity contribution in [3.8, 4) is 22.1 Å². The van der Waals surface area contributed by atoms with Gasteiger partial charge in [-0.25, -0.2) is 4.98 Å². The minimum absolute atomic E-state index is 0.0953. The molecule has 0 radical (unpaired) electrons. The Morgan fingerprint density at radius 2 is 1.85 bits per heavy atom. The minimum atomic E-state index is 0.0953. The maximum absolute atomic E-state index is 13.0. The third-order valence-electron chi connectivity index (χ3n) is 5.63. The molecule has 34 heavy (non-hydrogen) atoms.